The molecule has 1 atom stereocenters. The number of hydrogen-bond donors (Lipinski definition) is 2. The van der Waals surface area contributed by atoms with E-state index in [1.807, 2.05) is 6.07 Å². The van der Waals surface area contributed by atoms with Crippen LogP contribution in [0.4, 0.5) is 11.4 Å². The summed E-state index contributed by atoms with van der Waals surface area (Å²) >= 11 is 0. The molecule has 1 fully saturated rings. The number of nitro benzene ring substituents is 1. The fraction of sp³-hybridized carbons (Fsp3) is 0.500. The van der Waals surface area contributed by atoms with Crippen LogP contribution < -0.4 is 10.6 Å². The Labute approximate surface area is 123 Å². The first-order valence-electron chi connectivity index (χ1n) is 6.94. The highest BCUT2D eigenvalue weighted by Crippen LogP contribution is 2.26. The molecule has 114 valence electrons. The summed E-state index contributed by atoms with van der Waals surface area (Å²) in [6, 6.07) is 5.32. The van der Waals surface area contributed by atoms with Crippen molar-refractivity contribution in [2.24, 2.45) is 0 Å². The summed E-state index contributed by atoms with van der Waals surface area (Å²) in [6.45, 7) is 3.98. The van der Waals surface area contributed by atoms with Gasteiger partial charge in [0.1, 0.15) is 5.69 Å². The molecule has 7 nitrogen and oxygen atoms in total. The number of carbonyl (C=O) groups is 1. The number of anilines is 1. The van der Waals surface area contributed by atoms with Crippen molar-refractivity contribution in [3.63, 3.8) is 0 Å². The molecule has 0 aromatic heterocycles. The van der Waals surface area contributed by atoms with Crippen LogP contribution in [-0.2, 0) is 11.3 Å². The third-order valence-electron chi connectivity index (χ3n) is 3.61. The van der Waals surface area contributed by atoms with Crippen molar-refractivity contribution in [2.75, 3.05) is 25.5 Å². The molecule has 0 saturated carbocycles. The van der Waals surface area contributed by atoms with Crippen molar-refractivity contribution in [1.29, 1.82) is 0 Å². The minimum Gasteiger partial charge on any atom is -0.383 e. The third kappa shape index (κ3) is 3.91. The number of nitrogens with zero attached hydrogens (tertiary/aromatic N) is 2. The number of carbonyl (C=O) groups excluding carboxylic acids is 1. The second-order valence-corrected chi connectivity index (χ2v) is 5.28. The van der Waals surface area contributed by atoms with Gasteiger partial charge in [0.2, 0.25) is 5.91 Å². The Bertz CT molecular complexity index is 547. The van der Waals surface area contributed by atoms with Crippen molar-refractivity contribution in [1.82, 2.24) is 10.2 Å². The van der Waals surface area contributed by atoms with Crippen molar-refractivity contribution in [2.45, 2.75) is 25.9 Å². The lowest BCUT2D eigenvalue weighted by Gasteiger charge is -2.17. The Hall–Kier alpha value is -2.15. The van der Waals surface area contributed by atoms with Gasteiger partial charge < -0.3 is 10.6 Å². The molecule has 21 heavy (non-hydrogen) atoms. The second kappa shape index (κ2) is 6.53. The van der Waals surface area contributed by atoms with E-state index >= 15 is 0 Å². The zero-order valence-electron chi connectivity index (χ0n) is 12.3. The molecule has 0 spiro atoms. The van der Waals surface area contributed by atoms with E-state index in [2.05, 4.69) is 15.5 Å². The fourth-order valence-electron chi connectivity index (χ4n) is 2.68. The van der Waals surface area contributed by atoms with Crippen molar-refractivity contribution < 1.29 is 9.72 Å². The number of nitro groups is 1. The standard InChI is InChI=1S/C14H20N4O3/c1-10(19)16-12-5-6-17(9-12)8-11-3-4-14(18(20)21)13(7-11)15-2/h3-4,7,12,15H,5-6,8-9H2,1-2H3,(H,16,19). The van der Waals surface area contributed by atoms with Gasteiger partial charge in [-0.15, -0.1) is 0 Å². The zero-order chi connectivity index (χ0) is 15.4. The predicted molar refractivity (Wildman–Crippen MR) is 80.1 cm³/mol. The van der Waals surface area contributed by atoms with Crippen LogP contribution in [0.2, 0.25) is 0 Å². The largest absolute Gasteiger partial charge is 0.383 e. The third-order valence-corrected chi connectivity index (χ3v) is 3.61. The lowest BCUT2D eigenvalue weighted by molar-refractivity contribution is -0.384. The van der Waals surface area contributed by atoms with Gasteiger partial charge in [-0.25, -0.2) is 0 Å². The lowest BCUT2D eigenvalue weighted by Crippen LogP contribution is -2.35. The molecule has 1 aliphatic heterocycles. The summed E-state index contributed by atoms with van der Waals surface area (Å²) < 4.78 is 0. The van der Waals surface area contributed by atoms with E-state index in [-0.39, 0.29) is 17.6 Å². The molecule has 1 aromatic rings. The first-order valence-corrected chi connectivity index (χ1v) is 6.94. The quantitative estimate of drug-likeness (QED) is 0.632. The molecule has 0 bridgehead atoms. The molecular weight excluding hydrogens is 272 g/mol. The van der Waals surface area contributed by atoms with Gasteiger partial charge in [-0.3, -0.25) is 19.8 Å². The molecular formula is C14H20N4O3. The highest BCUT2D eigenvalue weighted by molar-refractivity contribution is 5.73. The normalized spacial score (nSPS) is 18.5. The van der Waals surface area contributed by atoms with E-state index in [1.165, 1.54) is 13.0 Å². The molecule has 2 rings (SSSR count). The first-order chi connectivity index (χ1) is 9.99. The average Bonchev–Trinajstić information content (AvgIpc) is 2.84. The maximum atomic E-state index is 11.0. The number of likely N-dealkylation sites (tertiary alicyclic amines) is 1. The van der Waals surface area contributed by atoms with Crippen LogP contribution in [0.5, 0.6) is 0 Å². The van der Waals surface area contributed by atoms with Crippen LogP contribution in [-0.4, -0.2) is 41.9 Å². The Morgan fingerprint density at radius 2 is 2.29 bits per heavy atom. The summed E-state index contributed by atoms with van der Waals surface area (Å²) in [7, 11) is 1.68. The first kappa shape index (κ1) is 15.2. The summed E-state index contributed by atoms with van der Waals surface area (Å²) in [5.74, 6) is -0.00495. The van der Waals surface area contributed by atoms with Crippen molar-refractivity contribution >= 4 is 17.3 Å². The average molecular weight is 292 g/mol. The van der Waals surface area contributed by atoms with Crippen molar-refractivity contribution in [3.05, 3.63) is 33.9 Å². The molecule has 1 aromatic carbocycles. The highest BCUT2D eigenvalue weighted by atomic mass is 16.6. The molecule has 1 saturated heterocycles. The lowest BCUT2D eigenvalue weighted by atomic mass is 10.1. The van der Waals surface area contributed by atoms with E-state index < -0.39 is 4.92 Å². The Balaban J connectivity index is 2.01. The van der Waals surface area contributed by atoms with Gasteiger partial charge in [-0.2, -0.15) is 0 Å². The van der Waals surface area contributed by atoms with Crippen LogP contribution >= 0.6 is 0 Å². The van der Waals surface area contributed by atoms with Gasteiger partial charge >= 0.3 is 0 Å². The SMILES string of the molecule is CNc1cc(CN2CCC(NC(C)=O)C2)ccc1[N+](=O)[O-]. The molecule has 2 N–H and O–H groups in total. The van der Waals surface area contributed by atoms with Gasteiger partial charge in [0.05, 0.1) is 4.92 Å². The maximum Gasteiger partial charge on any atom is 0.292 e. The number of benzene rings is 1. The number of hydrogen-bond acceptors (Lipinski definition) is 5. The highest BCUT2D eigenvalue weighted by Gasteiger charge is 2.23. The van der Waals surface area contributed by atoms with Crippen LogP contribution in [0.15, 0.2) is 18.2 Å². The van der Waals surface area contributed by atoms with Crippen LogP contribution in [0, 0.1) is 10.1 Å². The Morgan fingerprint density at radius 1 is 1.52 bits per heavy atom. The molecule has 1 unspecified atom stereocenters. The summed E-state index contributed by atoms with van der Waals surface area (Å²) in [5.41, 5.74) is 1.63. The summed E-state index contributed by atoms with van der Waals surface area (Å²) in [6.07, 6.45) is 0.936. The molecule has 1 heterocycles. The van der Waals surface area contributed by atoms with E-state index in [1.54, 1.807) is 13.1 Å². The fourth-order valence-corrected chi connectivity index (χ4v) is 2.68. The number of nitrogens with one attached hydrogen (secondary N) is 2. The van der Waals surface area contributed by atoms with Gasteiger partial charge in [-0.05, 0) is 18.1 Å². The van der Waals surface area contributed by atoms with Crippen LogP contribution in [0.3, 0.4) is 0 Å². The summed E-state index contributed by atoms with van der Waals surface area (Å²) in [4.78, 5) is 23.8. The van der Waals surface area contributed by atoms with E-state index in [0.717, 1.165) is 31.6 Å². The Morgan fingerprint density at radius 3 is 2.90 bits per heavy atom. The summed E-state index contributed by atoms with van der Waals surface area (Å²) in [5, 5.41) is 16.7. The van der Waals surface area contributed by atoms with Gasteiger partial charge in [0.25, 0.3) is 5.69 Å². The van der Waals surface area contributed by atoms with Gasteiger partial charge in [0.15, 0.2) is 0 Å². The molecule has 1 aliphatic rings. The Kier molecular flexibility index (Phi) is 4.74. The van der Waals surface area contributed by atoms with Gasteiger partial charge in [0, 0.05) is 45.7 Å². The number of amides is 1. The van der Waals surface area contributed by atoms with E-state index in [0.29, 0.717) is 5.69 Å². The molecule has 7 heteroatoms. The van der Waals surface area contributed by atoms with Crippen LogP contribution in [0.1, 0.15) is 18.9 Å². The molecule has 0 aliphatic carbocycles. The minimum absolute atomic E-state index is 0.00495. The van der Waals surface area contributed by atoms with E-state index in [9.17, 15) is 14.9 Å². The monoisotopic (exact) mass is 292 g/mol. The maximum absolute atomic E-state index is 11.0. The van der Waals surface area contributed by atoms with Crippen LogP contribution in [0.25, 0.3) is 0 Å². The predicted octanol–water partition coefficient (Wildman–Crippen LogP) is 1.35. The minimum atomic E-state index is -0.391. The smallest absolute Gasteiger partial charge is 0.292 e. The van der Waals surface area contributed by atoms with Crippen molar-refractivity contribution in [3.8, 4) is 0 Å². The molecule has 0 radical (unpaired) electrons. The number of rotatable bonds is 5. The molecule has 1 amide bonds. The van der Waals surface area contributed by atoms with Gasteiger partial charge in [-0.1, -0.05) is 6.07 Å². The second-order valence-electron chi connectivity index (χ2n) is 5.28. The zero-order valence-corrected chi connectivity index (χ0v) is 12.3. The van der Waals surface area contributed by atoms with E-state index in [4.69, 9.17) is 0 Å². The topological polar surface area (TPSA) is 87.5 Å².